The van der Waals surface area contributed by atoms with Crippen molar-refractivity contribution >= 4 is 17.7 Å². The Balaban J connectivity index is 1.82. The van der Waals surface area contributed by atoms with Crippen LogP contribution in [-0.2, 0) is 4.79 Å². The minimum Gasteiger partial charge on any atom is -0.337 e. The van der Waals surface area contributed by atoms with E-state index in [4.69, 9.17) is 0 Å². The van der Waals surface area contributed by atoms with E-state index in [1.54, 1.807) is 11.8 Å². The molecule has 2 fully saturated rings. The smallest absolute Gasteiger partial charge is 0.232 e. The molecular weight excluding hydrogens is 256 g/mol. The van der Waals surface area contributed by atoms with Gasteiger partial charge in [0.15, 0.2) is 0 Å². The summed E-state index contributed by atoms with van der Waals surface area (Å²) in [4.78, 5) is 14.6. The molecule has 3 nitrogen and oxygen atoms in total. The first-order valence-electron chi connectivity index (χ1n) is 7.62. The first kappa shape index (κ1) is 15.2. The number of amides is 1. The Labute approximate surface area is 121 Å². The molecule has 1 amide bonds. The Morgan fingerprint density at radius 2 is 2.00 bits per heavy atom. The van der Waals surface area contributed by atoms with Crippen molar-refractivity contribution in [2.24, 2.45) is 0 Å². The molecule has 0 spiro atoms. The van der Waals surface area contributed by atoms with Crippen molar-refractivity contribution in [2.75, 3.05) is 18.8 Å². The van der Waals surface area contributed by atoms with Crippen molar-refractivity contribution in [3.63, 3.8) is 0 Å². The van der Waals surface area contributed by atoms with Crippen LogP contribution in [0.5, 0.6) is 0 Å². The molecule has 1 saturated heterocycles. The zero-order chi connectivity index (χ0) is 13.9. The lowest BCUT2D eigenvalue weighted by molar-refractivity contribution is -0.129. The molecule has 2 aliphatic rings. The summed E-state index contributed by atoms with van der Waals surface area (Å²) in [7, 11) is 0. The second-order valence-corrected chi connectivity index (χ2v) is 8.63. The minimum atomic E-state index is 0.175. The molecule has 2 rings (SSSR count). The quantitative estimate of drug-likeness (QED) is 0.842. The SMILES string of the molecule is CC(C)(C)SCC(=O)N(CC1CCCCN1)C1CC1. The van der Waals surface area contributed by atoms with Crippen LogP contribution in [0.25, 0.3) is 0 Å². The molecule has 1 heterocycles. The molecule has 1 saturated carbocycles. The summed E-state index contributed by atoms with van der Waals surface area (Å²) >= 11 is 1.77. The highest BCUT2D eigenvalue weighted by Gasteiger charge is 2.34. The van der Waals surface area contributed by atoms with Gasteiger partial charge in [-0.2, -0.15) is 0 Å². The van der Waals surface area contributed by atoms with E-state index in [2.05, 4.69) is 31.0 Å². The second-order valence-electron chi connectivity index (χ2n) is 6.83. The fourth-order valence-electron chi connectivity index (χ4n) is 2.52. The van der Waals surface area contributed by atoms with E-state index in [1.807, 2.05) is 0 Å². The summed E-state index contributed by atoms with van der Waals surface area (Å²) in [6.45, 7) is 8.57. The van der Waals surface area contributed by atoms with E-state index in [9.17, 15) is 4.79 Å². The third-order valence-electron chi connectivity index (χ3n) is 3.77. The van der Waals surface area contributed by atoms with Crippen LogP contribution >= 0.6 is 11.8 Å². The van der Waals surface area contributed by atoms with Crippen molar-refractivity contribution in [3.05, 3.63) is 0 Å². The first-order valence-corrected chi connectivity index (χ1v) is 8.61. The molecular formula is C15H28N2OS. The summed E-state index contributed by atoms with van der Waals surface area (Å²) in [5.74, 6) is 0.974. The summed E-state index contributed by atoms with van der Waals surface area (Å²) in [5.41, 5.74) is 0. The standard InChI is InChI=1S/C15H28N2OS/c1-15(2,3)19-11-14(18)17(13-7-8-13)10-12-6-4-5-9-16-12/h12-13,16H,4-11H2,1-3H3. The number of carbonyl (C=O) groups excluding carboxylic acids is 1. The molecule has 0 aromatic carbocycles. The van der Waals surface area contributed by atoms with Crippen molar-refractivity contribution in [1.82, 2.24) is 10.2 Å². The fraction of sp³-hybridized carbons (Fsp3) is 0.933. The van der Waals surface area contributed by atoms with Gasteiger partial charge in [-0.1, -0.05) is 27.2 Å². The second kappa shape index (κ2) is 6.49. The fourth-order valence-corrected chi connectivity index (χ4v) is 3.24. The Morgan fingerprint density at radius 3 is 2.53 bits per heavy atom. The number of nitrogens with one attached hydrogen (secondary N) is 1. The zero-order valence-electron chi connectivity index (χ0n) is 12.6. The van der Waals surface area contributed by atoms with Crippen LogP contribution < -0.4 is 5.32 Å². The normalized spacial score (nSPS) is 24.3. The molecule has 4 heteroatoms. The third kappa shape index (κ3) is 5.35. The predicted molar refractivity (Wildman–Crippen MR) is 82.6 cm³/mol. The molecule has 1 atom stereocenters. The van der Waals surface area contributed by atoms with Crippen LogP contribution in [0, 0.1) is 0 Å². The number of nitrogens with zero attached hydrogens (tertiary/aromatic N) is 1. The predicted octanol–water partition coefficient (Wildman–Crippen LogP) is 2.65. The molecule has 1 N–H and O–H groups in total. The van der Waals surface area contributed by atoms with Gasteiger partial charge < -0.3 is 10.2 Å². The van der Waals surface area contributed by atoms with Crippen molar-refractivity contribution in [3.8, 4) is 0 Å². The lowest BCUT2D eigenvalue weighted by Gasteiger charge is -2.31. The number of thioether (sulfide) groups is 1. The van der Waals surface area contributed by atoms with Crippen LogP contribution in [0.2, 0.25) is 0 Å². The maximum absolute atomic E-state index is 12.4. The van der Waals surface area contributed by atoms with Gasteiger partial charge >= 0.3 is 0 Å². The molecule has 1 unspecified atom stereocenters. The largest absolute Gasteiger partial charge is 0.337 e. The Morgan fingerprint density at radius 1 is 1.26 bits per heavy atom. The van der Waals surface area contributed by atoms with Gasteiger partial charge in [0.25, 0.3) is 0 Å². The van der Waals surface area contributed by atoms with Gasteiger partial charge in [-0.05, 0) is 32.2 Å². The van der Waals surface area contributed by atoms with Gasteiger partial charge in [0.2, 0.25) is 5.91 Å². The van der Waals surface area contributed by atoms with Crippen LogP contribution in [-0.4, -0.2) is 46.5 Å². The molecule has 0 aromatic heterocycles. The number of hydrogen-bond donors (Lipinski definition) is 1. The third-order valence-corrected chi connectivity index (χ3v) is 5.02. The number of rotatable bonds is 5. The van der Waals surface area contributed by atoms with E-state index in [1.165, 1.54) is 32.1 Å². The lowest BCUT2D eigenvalue weighted by atomic mass is 10.0. The highest BCUT2D eigenvalue weighted by atomic mass is 32.2. The highest BCUT2D eigenvalue weighted by Crippen LogP contribution is 2.30. The summed E-state index contributed by atoms with van der Waals surface area (Å²) < 4.78 is 0.175. The van der Waals surface area contributed by atoms with Crippen molar-refractivity contribution < 1.29 is 4.79 Å². The van der Waals surface area contributed by atoms with Gasteiger partial charge in [-0.15, -0.1) is 11.8 Å². The summed E-state index contributed by atoms with van der Waals surface area (Å²) in [6, 6.07) is 1.06. The zero-order valence-corrected chi connectivity index (χ0v) is 13.4. The van der Waals surface area contributed by atoms with E-state index >= 15 is 0 Å². The van der Waals surface area contributed by atoms with Gasteiger partial charge in [0.1, 0.15) is 0 Å². The molecule has 0 aromatic rings. The van der Waals surface area contributed by atoms with Crippen LogP contribution in [0.3, 0.4) is 0 Å². The average Bonchev–Trinajstić information content (AvgIpc) is 3.18. The molecule has 0 bridgehead atoms. The van der Waals surface area contributed by atoms with Crippen LogP contribution in [0.4, 0.5) is 0 Å². The van der Waals surface area contributed by atoms with Gasteiger partial charge in [0.05, 0.1) is 5.75 Å². The molecule has 1 aliphatic carbocycles. The van der Waals surface area contributed by atoms with Gasteiger partial charge in [-0.25, -0.2) is 0 Å². The van der Waals surface area contributed by atoms with Gasteiger partial charge in [0, 0.05) is 23.4 Å². The maximum atomic E-state index is 12.4. The first-order chi connectivity index (χ1) is 8.96. The molecule has 0 radical (unpaired) electrons. The maximum Gasteiger partial charge on any atom is 0.232 e. The Hall–Kier alpha value is -0.220. The minimum absolute atomic E-state index is 0.175. The Bertz CT molecular complexity index is 304. The van der Waals surface area contributed by atoms with Crippen LogP contribution in [0.15, 0.2) is 0 Å². The van der Waals surface area contributed by atoms with E-state index < -0.39 is 0 Å². The average molecular weight is 284 g/mol. The van der Waals surface area contributed by atoms with Gasteiger partial charge in [-0.3, -0.25) is 4.79 Å². The molecule has 110 valence electrons. The molecule has 1 aliphatic heterocycles. The summed E-state index contributed by atoms with van der Waals surface area (Å²) in [6.07, 6.45) is 6.23. The monoisotopic (exact) mass is 284 g/mol. The molecule has 19 heavy (non-hydrogen) atoms. The van der Waals surface area contributed by atoms with E-state index in [-0.39, 0.29) is 4.75 Å². The summed E-state index contributed by atoms with van der Waals surface area (Å²) in [5, 5.41) is 3.56. The van der Waals surface area contributed by atoms with E-state index in [0.29, 0.717) is 23.7 Å². The highest BCUT2D eigenvalue weighted by molar-refractivity contribution is 8.01. The topological polar surface area (TPSA) is 32.3 Å². The lowest BCUT2D eigenvalue weighted by Crippen LogP contribution is -2.47. The van der Waals surface area contributed by atoms with Crippen LogP contribution in [0.1, 0.15) is 52.9 Å². The number of hydrogen-bond acceptors (Lipinski definition) is 3. The number of carbonyl (C=O) groups is 1. The van der Waals surface area contributed by atoms with E-state index in [0.717, 1.165) is 13.1 Å². The van der Waals surface area contributed by atoms with Crippen molar-refractivity contribution in [2.45, 2.75) is 69.7 Å². The number of piperidine rings is 1. The van der Waals surface area contributed by atoms with Crippen molar-refractivity contribution in [1.29, 1.82) is 0 Å². The Kier molecular flexibility index (Phi) is 5.18.